The number of nitrogens with zero attached hydrogens (tertiary/aromatic N) is 1. The second-order valence-corrected chi connectivity index (χ2v) is 5.28. The lowest BCUT2D eigenvalue weighted by Gasteiger charge is -2.07. The summed E-state index contributed by atoms with van der Waals surface area (Å²) in [7, 11) is -3.82. The van der Waals surface area contributed by atoms with Crippen LogP contribution in [-0.4, -0.2) is 23.7 Å². The predicted octanol–water partition coefficient (Wildman–Crippen LogP) is 1.36. The van der Waals surface area contributed by atoms with Gasteiger partial charge in [-0.05, 0) is 19.1 Å². The van der Waals surface area contributed by atoms with Gasteiger partial charge in [-0.25, -0.2) is 12.8 Å². The number of aromatic hydroxyl groups is 1. The molecule has 0 radical (unpaired) electrons. The van der Waals surface area contributed by atoms with Gasteiger partial charge < -0.3 is 5.11 Å². The molecule has 6 nitrogen and oxygen atoms in total. The number of aromatic nitrogens is 2. The van der Waals surface area contributed by atoms with Crippen molar-refractivity contribution in [1.82, 2.24) is 10.2 Å². The molecule has 0 aliphatic rings. The maximum Gasteiger partial charge on any atom is 0.265 e. The normalized spacial score (nSPS) is 11.4. The van der Waals surface area contributed by atoms with Gasteiger partial charge in [0.2, 0.25) is 0 Å². The first kappa shape index (κ1) is 12.4. The molecule has 0 saturated heterocycles. The molecule has 0 fully saturated rings. The van der Waals surface area contributed by atoms with Gasteiger partial charge in [0, 0.05) is 6.07 Å². The second kappa shape index (κ2) is 4.30. The molecule has 96 valence electrons. The number of benzene rings is 1. The van der Waals surface area contributed by atoms with Gasteiger partial charge in [-0.1, -0.05) is 0 Å². The summed E-state index contributed by atoms with van der Waals surface area (Å²) in [4.78, 5) is -0.0176. The standard InChI is InChI=1S/C10H10FN3O3S/c1-6-10(5-12-13-6)18(16,17)14-7-2-3-9(15)8(11)4-7/h2-5,14-15H,1H3,(H,12,13). The third-order valence-corrected chi connectivity index (χ3v) is 3.77. The Kier molecular flexibility index (Phi) is 2.95. The molecular formula is C10H10FN3O3S. The van der Waals surface area contributed by atoms with Gasteiger partial charge in [-0.15, -0.1) is 0 Å². The minimum atomic E-state index is -3.82. The van der Waals surface area contributed by atoms with E-state index in [1.165, 1.54) is 6.07 Å². The Hall–Kier alpha value is -2.09. The van der Waals surface area contributed by atoms with Crippen molar-refractivity contribution in [3.8, 4) is 5.75 Å². The Morgan fingerprint density at radius 2 is 2.17 bits per heavy atom. The zero-order valence-electron chi connectivity index (χ0n) is 9.31. The Bertz CT molecular complexity index is 681. The number of H-pyrrole nitrogens is 1. The van der Waals surface area contributed by atoms with Crippen molar-refractivity contribution in [3.05, 3.63) is 35.9 Å². The summed E-state index contributed by atoms with van der Waals surface area (Å²) in [6.07, 6.45) is 1.16. The summed E-state index contributed by atoms with van der Waals surface area (Å²) >= 11 is 0. The van der Waals surface area contributed by atoms with Crippen molar-refractivity contribution < 1.29 is 17.9 Å². The van der Waals surface area contributed by atoms with E-state index in [1.807, 2.05) is 0 Å². The quantitative estimate of drug-likeness (QED) is 0.734. The van der Waals surface area contributed by atoms with E-state index in [0.717, 1.165) is 18.3 Å². The molecule has 0 unspecified atom stereocenters. The highest BCUT2D eigenvalue weighted by Gasteiger charge is 2.19. The van der Waals surface area contributed by atoms with E-state index in [1.54, 1.807) is 6.92 Å². The van der Waals surface area contributed by atoms with Crippen molar-refractivity contribution in [2.24, 2.45) is 0 Å². The Balaban J connectivity index is 2.34. The highest BCUT2D eigenvalue weighted by atomic mass is 32.2. The average molecular weight is 271 g/mol. The third kappa shape index (κ3) is 2.28. The number of phenolic OH excluding ortho intramolecular Hbond substituents is 1. The van der Waals surface area contributed by atoms with Crippen molar-refractivity contribution in [2.75, 3.05) is 4.72 Å². The molecule has 2 aromatic rings. The number of hydrogen-bond acceptors (Lipinski definition) is 4. The van der Waals surface area contributed by atoms with Crippen LogP contribution in [0.25, 0.3) is 0 Å². The minimum Gasteiger partial charge on any atom is -0.505 e. The number of anilines is 1. The largest absolute Gasteiger partial charge is 0.505 e. The topological polar surface area (TPSA) is 95.1 Å². The van der Waals surface area contributed by atoms with Crippen LogP contribution in [-0.2, 0) is 10.0 Å². The molecule has 0 amide bonds. The molecule has 0 aliphatic heterocycles. The average Bonchev–Trinajstić information content (AvgIpc) is 2.70. The molecule has 0 atom stereocenters. The lowest BCUT2D eigenvalue weighted by Crippen LogP contribution is -2.13. The molecule has 8 heteroatoms. The van der Waals surface area contributed by atoms with Gasteiger partial charge in [-0.2, -0.15) is 5.10 Å². The van der Waals surface area contributed by atoms with Crippen LogP contribution in [0.4, 0.5) is 10.1 Å². The zero-order valence-corrected chi connectivity index (χ0v) is 10.1. The fourth-order valence-electron chi connectivity index (χ4n) is 1.39. The van der Waals surface area contributed by atoms with Gasteiger partial charge in [0.05, 0.1) is 17.6 Å². The molecule has 0 spiro atoms. The summed E-state index contributed by atoms with van der Waals surface area (Å²) in [5.74, 6) is -1.45. The predicted molar refractivity (Wildman–Crippen MR) is 62.2 cm³/mol. The summed E-state index contributed by atoms with van der Waals surface area (Å²) in [6.45, 7) is 1.55. The van der Waals surface area contributed by atoms with Crippen LogP contribution in [0.15, 0.2) is 29.3 Å². The summed E-state index contributed by atoms with van der Waals surface area (Å²) in [6, 6.07) is 3.21. The van der Waals surface area contributed by atoms with Crippen molar-refractivity contribution in [2.45, 2.75) is 11.8 Å². The third-order valence-electron chi connectivity index (χ3n) is 2.27. The second-order valence-electron chi connectivity index (χ2n) is 3.63. The van der Waals surface area contributed by atoms with E-state index < -0.39 is 21.6 Å². The van der Waals surface area contributed by atoms with Crippen molar-refractivity contribution >= 4 is 15.7 Å². The molecule has 18 heavy (non-hydrogen) atoms. The first-order valence-electron chi connectivity index (χ1n) is 4.91. The maximum absolute atomic E-state index is 13.1. The van der Waals surface area contributed by atoms with Crippen molar-refractivity contribution in [3.63, 3.8) is 0 Å². The Labute approximate surface area is 103 Å². The molecule has 3 N–H and O–H groups in total. The SMILES string of the molecule is Cc1[nH]ncc1S(=O)(=O)Nc1ccc(O)c(F)c1. The van der Waals surface area contributed by atoms with Gasteiger partial charge in [-0.3, -0.25) is 9.82 Å². The van der Waals surface area contributed by atoms with Gasteiger partial charge in [0.25, 0.3) is 10.0 Å². The highest BCUT2D eigenvalue weighted by Crippen LogP contribution is 2.22. The van der Waals surface area contributed by atoms with E-state index in [0.29, 0.717) is 5.69 Å². The lowest BCUT2D eigenvalue weighted by molar-refractivity contribution is 0.432. The molecule has 1 aromatic carbocycles. The molecule has 0 bridgehead atoms. The fourth-order valence-corrected chi connectivity index (χ4v) is 2.58. The number of rotatable bonds is 3. The van der Waals surface area contributed by atoms with E-state index in [-0.39, 0.29) is 10.6 Å². The number of halogens is 1. The Morgan fingerprint density at radius 1 is 1.44 bits per heavy atom. The number of hydrogen-bond donors (Lipinski definition) is 3. The van der Waals surface area contributed by atoms with Crippen molar-refractivity contribution in [1.29, 1.82) is 0 Å². The minimum absolute atomic E-state index is 0.0176. The Morgan fingerprint density at radius 3 is 2.72 bits per heavy atom. The molecular weight excluding hydrogens is 261 g/mol. The zero-order chi connectivity index (χ0) is 13.3. The van der Waals surface area contributed by atoms with Gasteiger partial charge in [0.1, 0.15) is 4.90 Å². The number of sulfonamides is 1. The van der Waals surface area contributed by atoms with E-state index in [4.69, 9.17) is 5.11 Å². The number of aromatic amines is 1. The number of phenols is 1. The van der Waals surface area contributed by atoms with E-state index in [9.17, 15) is 12.8 Å². The summed E-state index contributed by atoms with van der Waals surface area (Å²) in [5.41, 5.74) is 0.396. The fraction of sp³-hybridized carbons (Fsp3) is 0.100. The monoisotopic (exact) mass is 271 g/mol. The molecule has 1 heterocycles. The lowest BCUT2D eigenvalue weighted by atomic mass is 10.3. The van der Waals surface area contributed by atoms with E-state index >= 15 is 0 Å². The van der Waals surface area contributed by atoms with E-state index in [2.05, 4.69) is 14.9 Å². The van der Waals surface area contributed by atoms with Gasteiger partial charge in [0.15, 0.2) is 11.6 Å². The molecule has 0 aliphatic carbocycles. The van der Waals surface area contributed by atoms with Crippen LogP contribution in [0.3, 0.4) is 0 Å². The smallest absolute Gasteiger partial charge is 0.265 e. The highest BCUT2D eigenvalue weighted by molar-refractivity contribution is 7.92. The van der Waals surface area contributed by atoms with Gasteiger partial charge >= 0.3 is 0 Å². The molecule has 0 saturated carbocycles. The summed E-state index contributed by atoms with van der Waals surface area (Å²) in [5, 5.41) is 15.1. The van der Waals surface area contributed by atoms with Crippen LogP contribution < -0.4 is 4.72 Å². The first-order valence-corrected chi connectivity index (χ1v) is 6.40. The maximum atomic E-state index is 13.1. The van der Waals surface area contributed by atoms with Crippen LogP contribution in [0.1, 0.15) is 5.69 Å². The summed E-state index contributed by atoms with van der Waals surface area (Å²) < 4.78 is 39.1. The molecule has 1 aromatic heterocycles. The number of aryl methyl sites for hydroxylation is 1. The van der Waals surface area contributed by atoms with Crippen LogP contribution in [0.2, 0.25) is 0 Å². The van der Waals surface area contributed by atoms with Crippen LogP contribution in [0.5, 0.6) is 5.75 Å². The van der Waals surface area contributed by atoms with Crippen LogP contribution >= 0.6 is 0 Å². The first-order chi connectivity index (χ1) is 8.40. The van der Waals surface area contributed by atoms with Crippen LogP contribution in [0, 0.1) is 12.7 Å². The molecule has 2 rings (SSSR count). The number of nitrogens with one attached hydrogen (secondary N) is 2.